The Morgan fingerprint density at radius 1 is 1.04 bits per heavy atom. The van der Waals surface area contributed by atoms with Crippen LogP contribution in [0.3, 0.4) is 0 Å². The molecule has 5 heteroatoms. The van der Waals surface area contributed by atoms with E-state index in [1.807, 2.05) is 0 Å². The van der Waals surface area contributed by atoms with E-state index in [0.29, 0.717) is 18.8 Å². The molecule has 2 fully saturated rings. The molecule has 1 aromatic rings. The lowest BCUT2D eigenvalue weighted by atomic mass is 9.95. The normalized spacial score (nSPS) is 20.4. The third-order valence-corrected chi connectivity index (χ3v) is 5.18. The van der Waals surface area contributed by atoms with Gasteiger partial charge in [0.25, 0.3) is 0 Å². The molecule has 0 amide bonds. The Morgan fingerprint density at radius 3 is 2.28 bits per heavy atom. The number of methoxy groups -OCH3 is 1. The molecule has 2 heterocycles. The number of aromatic nitrogens is 2. The van der Waals surface area contributed by atoms with Gasteiger partial charge in [0, 0.05) is 31.7 Å². The van der Waals surface area contributed by atoms with Crippen molar-refractivity contribution >= 4 is 5.82 Å². The lowest BCUT2D eigenvalue weighted by Gasteiger charge is -2.34. The van der Waals surface area contributed by atoms with Crippen LogP contribution in [-0.4, -0.2) is 42.4 Å². The van der Waals surface area contributed by atoms with Gasteiger partial charge >= 0.3 is 0 Å². The molecule has 1 aliphatic heterocycles. The Kier molecular flexibility index (Phi) is 5.95. The van der Waals surface area contributed by atoms with Crippen LogP contribution < -0.4 is 4.90 Å². The molecule has 0 spiro atoms. The summed E-state index contributed by atoms with van der Waals surface area (Å²) >= 11 is 0. The molecule has 1 saturated carbocycles. The van der Waals surface area contributed by atoms with Gasteiger partial charge in [0.2, 0.25) is 0 Å². The van der Waals surface area contributed by atoms with Crippen LogP contribution in [0.25, 0.3) is 0 Å². The van der Waals surface area contributed by atoms with Crippen molar-refractivity contribution in [2.75, 3.05) is 25.1 Å². The van der Waals surface area contributed by atoms with Crippen molar-refractivity contribution in [1.29, 1.82) is 0 Å². The molecule has 0 N–H and O–H groups in total. The predicted molar refractivity (Wildman–Crippen MR) is 100 cm³/mol. The molecule has 0 atom stereocenters. The molecular formula is C20H33N3O2. The van der Waals surface area contributed by atoms with E-state index in [-0.39, 0.29) is 5.41 Å². The molecule has 0 unspecified atom stereocenters. The quantitative estimate of drug-likeness (QED) is 0.810. The molecule has 140 valence electrons. The summed E-state index contributed by atoms with van der Waals surface area (Å²) in [5.41, 5.74) is 0.893. The predicted octanol–water partition coefficient (Wildman–Crippen LogP) is 3.85. The smallest absolute Gasteiger partial charge is 0.136 e. The summed E-state index contributed by atoms with van der Waals surface area (Å²) in [5, 5.41) is 0. The van der Waals surface area contributed by atoms with Gasteiger partial charge in [-0.1, -0.05) is 33.6 Å². The van der Waals surface area contributed by atoms with Crippen LogP contribution in [0.5, 0.6) is 0 Å². The van der Waals surface area contributed by atoms with E-state index in [4.69, 9.17) is 14.5 Å². The van der Waals surface area contributed by atoms with Crippen molar-refractivity contribution in [3.8, 4) is 0 Å². The largest absolute Gasteiger partial charge is 0.378 e. The van der Waals surface area contributed by atoms with Gasteiger partial charge in [0.05, 0.1) is 24.5 Å². The number of hydrogen-bond acceptors (Lipinski definition) is 5. The molecule has 2 aliphatic rings. The lowest BCUT2D eigenvalue weighted by molar-refractivity contribution is -0.0195. The molecule has 1 aromatic heterocycles. The minimum Gasteiger partial charge on any atom is -0.378 e. The van der Waals surface area contributed by atoms with Crippen LogP contribution >= 0.6 is 0 Å². The standard InChI is InChI=1S/C20H33N3O2/c1-20(2,3)19-21-15(14-24-4)13-18(22-19)23-11-9-17(10-12-23)25-16-7-5-6-8-16/h13,16-17H,5-12,14H2,1-4H3. The third kappa shape index (κ3) is 4.91. The van der Waals surface area contributed by atoms with Gasteiger partial charge in [-0.05, 0) is 25.7 Å². The van der Waals surface area contributed by atoms with Crippen LogP contribution in [0.4, 0.5) is 5.82 Å². The fraction of sp³-hybridized carbons (Fsp3) is 0.800. The number of piperidine rings is 1. The second-order valence-corrected chi connectivity index (χ2v) is 8.45. The number of anilines is 1. The zero-order chi connectivity index (χ0) is 17.9. The third-order valence-electron chi connectivity index (χ3n) is 5.18. The summed E-state index contributed by atoms with van der Waals surface area (Å²) in [6.07, 6.45) is 8.28. The topological polar surface area (TPSA) is 47.5 Å². The Hall–Kier alpha value is -1.20. The maximum atomic E-state index is 6.30. The maximum absolute atomic E-state index is 6.30. The molecule has 0 bridgehead atoms. The maximum Gasteiger partial charge on any atom is 0.136 e. The second kappa shape index (κ2) is 8.00. The minimum atomic E-state index is -0.0671. The second-order valence-electron chi connectivity index (χ2n) is 8.45. The van der Waals surface area contributed by atoms with E-state index in [1.165, 1.54) is 25.7 Å². The van der Waals surface area contributed by atoms with Crippen molar-refractivity contribution in [3.63, 3.8) is 0 Å². The van der Waals surface area contributed by atoms with Crippen LogP contribution in [0.1, 0.15) is 70.8 Å². The van der Waals surface area contributed by atoms with E-state index in [0.717, 1.165) is 43.3 Å². The fourth-order valence-electron chi connectivity index (χ4n) is 3.72. The van der Waals surface area contributed by atoms with Gasteiger partial charge in [0.15, 0.2) is 0 Å². The highest BCUT2D eigenvalue weighted by Gasteiger charge is 2.26. The number of ether oxygens (including phenoxy) is 2. The van der Waals surface area contributed by atoms with Crippen LogP contribution in [0.15, 0.2) is 6.07 Å². The van der Waals surface area contributed by atoms with Gasteiger partial charge in [0.1, 0.15) is 11.6 Å². The molecule has 3 rings (SSSR count). The summed E-state index contributed by atoms with van der Waals surface area (Å²) in [7, 11) is 1.71. The Balaban J connectivity index is 1.66. The lowest BCUT2D eigenvalue weighted by Crippen LogP contribution is -2.39. The highest BCUT2D eigenvalue weighted by Crippen LogP contribution is 2.28. The minimum absolute atomic E-state index is 0.0671. The van der Waals surface area contributed by atoms with E-state index in [1.54, 1.807) is 7.11 Å². The van der Waals surface area contributed by atoms with E-state index < -0.39 is 0 Å². The molecule has 1 aliphatic carbocycles. The molecule has 1 saturated heterocycles. The van der Waals surface area contributed by atoms with Gasteiger partial charge < -0.3 is 14.4 Å². The van der Waals surface area contributed by atoms with E-state index in [2.05, 4.69) is 36.7 Å². The SMILES string of the molecule is COCc1cc(N2CCC(OC3CCCC3)CC2)nc(C(C)(C)C)n1. The molecular weight excluding hydrogens is 314 g/mol. The molecule has 5 nitrogen and oxygen atoms in total. The number of nitrogens with zero attached hydrogens (tertiary/aromatic N) is 3. The zero-order valence-corrected chi connectivity index (χ0v) is 16.3. The monoisotopic (exact) mass is 347 g/mol. The summed E-state index contributed by atoms with van der Waals surface area (Å²) in [6.45, 7) is 9.01. The molecule has 0 radical (unpaired) electrons. The summed E-state index contributed by atoms with van der Waals surface area (Å²) in [6, 6.07) is 2.08. The number of rotatable bonds is 5. The first-order valence-corrected chi connectivity index (χ1v) is 9.73. The first-order valence-electron chi connectivity index (χ1n) is 9.73. The van der Waals surface area contributed by atoms with Crippen molar-refractivity contribution in [2.24, 2.45) is 0 Å². The first kappa shape index (κ1) is 18.6. The average molecular weight is 348 g/mol. The zero-order valence-electron chi connectivity index (χ0n) is 16.3. The average Bonchev–Trinajstić information content (AvgIpc) is 3.08. The van der Waals surface area contributed by atoms with Crippen LogP contribution in [0.2, 0.25) is 0 Å². The van der Waals surface area contributed by atoms with Crippen molar-refractivity contribution in [2.45, 2.75) is 83.5 Å². The fourth-order valence-corrected chi connectivity index (χ4v) is 3.72. The van der Waals surface area contributed by atoms with Gasteiger partial charge in [-0.2, -0.15) is 0 Å². The Morgan fingerprint density at radius 2 is 1.68 bits per heavy atom. The van der Waals surface area contributed by atoms with Crippen molar-refractivity contribution < 1.29 is 9.47 Å². The summed E-state index contributed by atoms with van der Waals surface area (Å²) in [5.74, 6) is 1.92. The highest BCUT2D eigenvalue weighted by molar-refractivity contribution is 5.41. The Bertz CT molecular complexity index is 557. The van der Waals surface area contributed by atoms with Gasteiger partial charge in [-0.15, -0.1) is 0 Å². The van der Waals surface area contributed by atoms with Crippen molar-refractivity contribution in [1.82, 2.24) is 9.97 Å². The highest BCUT2D eigenvalue weighted by atomic mass is 16.5. The molecule has 0 aromatic carbocycles. The van der Waals surface area contributed by atoms with Gasteiger partial charge in [-0.3, -0.25) is 0 Å². The summed E-state index contributed by atoms with van der Waals surface area (Å²) in [4.78, 5) is 11.9. The van der Waals surface area contributed by atoms with E-state index in [9.17, 15) is 0 Å². The Labute approximate surface area is 152 Å². The van der Waals surface area contributed by atoms with Crippen LogP contribution in [0, 0.1) is 0 Å². The number of hydrogen-bond donors (Lipinski definition) is 0. The molecule has 25 heavy (non-hydrogen) atoms. The van der Waals surface area contributed by atoms with E-state index >= 15 is 0 Å². The van der Waals surface area contributed by atoms with Gasteiger partial charge in [-0.25, -0.2) is 9.97 Å². The first-order chi connectivity index (χ1) is 12.0. The van der Waals surface area contributed by atoms with Crippen molar-refractivity contribution in [3.05, 3.63) is 17.6 Å². The summed E-state index contributed by atoms with van der Waals surface area (Å²) < 4.78 is 11.6. The van der Waals surface area contributed by atoms with Crippen LogP contribution in [-0.2, 0) is 21.5 Å².